The highest BCUT2D eigenvalue weighted by atomic mass is 19.3. The average Bonchev–Trinajstić information content (AvgIpc) is 2.35. The number of aliphatic hydroxyl groups excluding tert-OH is 1. The molecule has 0 aliphatic carbocycles. The number of carbonyl (C=O) groups excluding carboxylic acids is 1. The molecular weight excluding hydrogens is 244 g/mol. The van der Waals surface area contributed by atoms with Crippen molar-refractivity contribution in [1.29, 1.82) is 0 Å². The maximum atomic E-state index is 12.0. The summed E-state index contributed by atoms with van der Waals surface area (Å²) in [6.45, 7) is -0.300. The van der Waals surface area contributed by atoms with Gasteiger partial charge < -0.3 is 15.3 Å². The van der Waals surface area contributed by atoms with Gasteiger partial charge in [-0.1, -0.05) is 0 Å². The predicted molar refractivity (Wildman–Crippen MR) is 62.8 cm³/mol. The van der Waals surface area contributed by atoms with E-state index in [1.807, 2.05) is 0 Å². The number of nitrogens with one attached hydrogen (secondary N) is 1. The van der Waals surface area contributed by atoms with Crippen LogP contribution in [0.3, 0.4) is 0 Å². The normalized spacial score (nSPS) is 12.3. The van der Waals surface area contributed by atoms with Crippen LogP contribution in [0, 0.1) is 0 Å². The minimum atomic E-state index is -2.80. The summed E-state index contributed by atoms with van der Waals surface area (Å²) in [6.07, 6.45) is -3.19. The van der Waals surface area contributed by atoms with Crippen LogP contribution < -0.4 is 5.32 Å². The molecule has 0 bridgehead atoms. The fraction of sp³-hybridized carbons (Fsp3) is 0.455. The zero-order valence-electron chi connectivity index (χ0n) is 10.1. The van der Waals surface area contributed by atoms with Gasteiger partial charge in [0.1, 0.15) is 11.9 Å². The molecule has 2 N–H and O–H groups in total. The molecule has 1 unspecified atom stereocenters. The Bertz CT molecular complexity index is 396. The smallest absolute Gasteiger partial charge is 0.265 e. The summed E-state index contributed by atoms with van der Waals surface area (Å²) < 4.78 is 24.1. The Morgan fingerprint density at radius 1 is 1.50 bits per heavy atom. The van der Waals surface area contributed by atoms with Gasteiger partial charge in [-0.25, -0.2) is 13.8 Å². The van der Waals surface area contributed by atoms with Crippen LogP contribution in [0.5, 0.6) is 0 Å². The van der Waals surface area contributed by atoms with Gasteiger partial charge in [0.2, 0.25) is 0 Å². The van der Waals surface area contributed by atoms with Crippen molar-refractivity contribution in [3.8, 4) is 0 Å². The van der Waals surface area contributed by atoms with Gasteiger partial charge in [0.25, 0.3) is 12.3 Å². The summed E-state index contributed by atoms with van der Waals surface area (Å²) in [5, 5.41) is 11.5. The quantitative estimate of drug-likeness (QED) is 0.821. The molecule has 0 radical (unpaired) electrons. The van der Waals surface area contributed by atoms with Crippen LogP contribution in [0.4, 0.5) is 14.6 Å². The SMILES string of the molecule is CN(C)C(=O)c1ccc(NCC(O)C(F)F)nc1. The monoisotopic (exact) mass is 259 g/mol. The van der Waals surface area contributed by atoms with E-state index in [-0.39, 0.29) is 12.5 Å². The van der Waals surface area contributed by atoms with E-state index in [4.69, 9.17) is 5.11 Å². The lowest BCUT2D eigenvalue weighted by molar-refractivity contribution is 0.00381. The topological polar surface area (TPSA) is 65.5 Å². The van der Waals surface area contributed by atoms with Crippen LogP contribution in [0.2, 0.25) is 0 Å². The number of hydrogen-bond acceptors (Lipinski definition) is 4. The molecule has 1 heterocycles. The number of anilines is 1. The van der Waals surface area contributed by atoms with Crippen LogP contribution in [0.15, 0.2) is 18.3 Å². The molecule has 0 fully saturated rings. The van der Waals surface area contributed by atoms with Gasteiger partial charge in [-0.2, -0.15) is 0 Å². The second-order valence-corrected chi connectivity index (χ2v) is 3.91. The van der Waals surface area contributed by atoms with Crippen molar-refractivity contribution in [2.45, 2.75) is 12.5 Å². The molecule has 100 valence electrons. The highest BCUT2D eigenvalue weighted by molar-refractivity contribution is 5.93. The van der Waals surface area contributed by atoms with E-state index >= 15 is 0 Å². The van der Waals surface area contributed by atoms with Crippen molar-refractivity contribution in [3.05, 3.63) is 23.9 Å². The molecule has 18 heavy (non-hydrogen) atoms. The lowest BCUT2D eigenvalue weighted by Crippen LogP contribution is -2.27. The minimum absolute atomic E-state index is 0.193. The number of rotatable bonds is 5. The van der Waals surface area contributed by atoms with Crippen molar-refractivity contribution in [1.82, 2.24) is 9.88 Å². The molecule has 0 aliphatic heterocycles. The molecule has 0 saturated carbocycles. The number of carbonyl (C=O) groups is 1. The summed E-state index contributed by atoms with van der Waals surface area (Å²) in [4.78, 5) is 16.8. The van der Waals surface area contributed by atoms with Gasteiger partial charge in [-0.15, -0.1) is 0 Å². The number of aliphatic hydroxyl groups is 1. The summed E-state index contributed by atoms with van der Waals surface area (Å²) in [6, 6.07) is 3.03. The van der Waals surface area contributed by atoms with Crippen LogP contribution in [0.25, 0.3) is 0 Å². The van der Waals surface area contributed by atoms with Gasteiger partial charge in [-0.3, -0.25) is 4.79 Å². The Balaban J connectivity index is 2.58. The number of pyridine rings is 1. The molecular formula is C11H15F2N3O2. The third-order valence-electron chi connectivity index (χ3n) is 2.20. The third-order valence-corrected chi connectivity index (χ3v) is 2.20. The van der Waals surface area contributed by atoms with Gasteiger partial charge in [0.15, 0.2) is 0 Å². The molecule has 1 atom stereocenters. The van der Waals surface area contributed by atoms with E-state index in [2.05, 4.69) is 10.3 Å². The highest BCUT2D eigenvalue weighted by Gasteiger charge is 2.16. The third kappa shape index (κ3) is 3.92. The van der Waals surface area contributed by atoms with E-state index in [1.165, 1.54) is 23.2 Å². The summed E-state index contributed by atoms with van der Waals surface area (Å²) in [5.41, 5.74) is 0.403. The fourth-order valence-electron chi connectivity index (χ4n) is 1.18. The maximum Gasteiger partial charge on any atom is 0.265 e. The molecule has 5 nitrogen and oxygen atoms in total. The Labute approximate surface area is 103 Å². The lowest BCUT2D eigenvalue weighted by Gasteiger charge is -2.12. The van der Waals surface area contributed by atoms with Crippen molar-refractivity contribution in [2.75, 3.05) is 26.0 Å². The van der Waals surface area contributed by atoms with E-state index in [1.54, 1.807) is 14.1 Å². The standard InChI is InChI=1S/C11H15F2N3O2/c1-16(2)11(18)7-3-4-9(14-5-7)15-6-8(17)10(12)13/h3-5,8,10,17H,6H2,1-2H3,(H,14,15). The summed E-state index contributed by atoms with van der Waals surface area (Å²) in [7, 11) is 3.24. The number of halogens is 2. The first-order valence-electron chi connectivity index (χ1n) is 5.29. The number of alkyl halides is 2. The second kappa shape index (κ2) is 6.25. The van der Waals surface area contributed by atoms with E-state index in [0.717, 1.165) is 0 Å². The Kier molecular flexibility index (Phi) is 4.96. The van der Waals surface area contributed by atoms with Crippen molar-refractivity contribution in [2.24, 2.45) is 0 Å². The molecule has 1 aromatic rings. The van der Waals surface area contributed by atoms with Gasteiger partial charge >= 0.3 is 0 Å². The van der Waals surface area contributed by atoms with Crippen molar-refractivity contribution in [3.63, 3.8) is 0 Å². The number of amides is 1. The van der Waals surface area contributed by atoms with Gasteiger partial charge in [0, 0.05) is 26.8 Å². The molecule has 1 amide bonds. The number of nitrogens with zero attached hydrogens (tertiary/aromatic N) is 2. The van der Waals surface area contributed by atoms with E-state index in [0.29, 0.717) is 11.4 Å². The second-order valence-electron chi connectivity index (χ2n) is 3.91. The molecule has 0 spiro atoms. The largest absolute Gasteiger partial charge is 0.385 e. The average molecular weight is 259 g/mol. The molecule has 0 saturated heterocycles. The zero-order chi connectivity index (χ0) is 13.7. The first kappa shape index (κ1) is 14.3. The number of hydrogen-bond donors (Lipinski definition) is 2. The Morgan fingerprint density at radius 2 is 2.17 bits per heavy atom. The van der Waals surface area contributed by atoms with Gasteiger partial charge in [0.05, 0.1) is 5.56 Å². The summed E-state index contributed by atoms with van der Waals surface area (Å²) in [5.74, 6) is 0.131. The lowest BCUT2D eigenvalue weighted by atomic mass is 10.2. The molecule has 0 aliphatic rings. The molecule has 7 heteroatoms. The molecule has 1 aromatic heterocycles. The minimum Gasteiger partial charge on any atom is -0.385 e. The van der Waals surface area contributed by atoms with Crippen LogP contribution >= 0.6 is 0 Å². The van der Waals surface area contributed by atoms with Crippen LogP contribution in [0.1, 0.15) is 10.4 Å². The van der Waals surface area contributed by atoms with Crippen molar-refractivity contribution >= 4 is 11.7 Å². The first-order chi connectivity index (χ1) is 8.41. The first-order valence-corrected chi connectivity index (χ1v) is 5.29. The van der Waals surface area contributed by atoms with E-state index in [9.17, 15) is 13.6 Å². The number of aromatic nitrogens is 1. The Morgan fingerprint density at radius 3 is 2.61 bits per heavy atom. The molecule has 1 rings (SSSR count). The summed E-state index contributed by atoms with van der Waals surface area (Å²) >= 11 is 0. The van der Waals surface area contributed by atoms with Crippen molar-refractivity contribution < 1.29 is 18.7 Å². The van der Waals surface area contributed by atoms with Crippen LogP contribution in [-0.4, -0.2) is 54.1 Å². The highest BCUT2D eigenvalue weighted by Crippen LogP contribution is 2.08. The Hall–Kier alpha value is -1.76. The van der Waals surface area contributed by atoms with E-state index < -0.39 is 12.5 Å². The van der Waals surface area contributed by atoms with Gasteiger partial charge in [-0.05, 0) is 12.1 Å². The van der Waals surface area contributed by atoms with Crippen LogP contribution in [-0.2, 0) is 0 Å². The fourth-order valence-corrected chi connectivity index (χ4v) is 1.18. The molecule has 0 aromatic carbocycles. The zero-order valence-corrected chi connectivity index (χ0v) is 10.1. The predicted octanol–water partition coefficient (Wildman–Crippen LogP) is 0.821. The maximum absolute atomic E-state index is 12.0.